The number of likely N-dealkylation sites (N-methyl/N-ethyl adjacent to an activating group) is 1. The average Bonchev–Trinajstić information content (AvgIpc) is 2.85. The lowest BCUT2D eigenvalue weighted by atomic mass is 9.98. The standard InChI is InChI=1S/C17H25N3/c1-5-19-16(17-11-18-12-20(17)4)10-14-6-8-15(9-7-14)13(2)3/h6-9,11-13,16,19H,5,10H2,1-4H3. The lowest BCUT2D eigenvalue weighted by molar-refractivity contribution is 0.520. The summed E-state index contributed by atoms with van der Waals surface area (Å²) in [5, 5.41) is 3.55. The van der Waals surface area contributed by atoms with Crippen molar-refractivity contribution < 1.29 is 0 Å². The normalized spacial score (nSPS) is 12.8. The second kappa shape index (κ2) is 6.71. The van der Waals surface area contributed by atoms with Gasteiger partial charge in [-0.05, 0) is 30.0 Å². The molecular weight excluding hydrogens is 246 g/mol. The topological polar surface area (TPSA) is 29.9 Å². The van der Waals surface area contributed by atoms with E-state index < -0.39 is 0 Å². The maximum Gasteiger partial charge on any atom is 0.0946 e. The molecule has 1 aromatic heterocycles. The van der Waals surface area contributed by atoms with Gasteiger partial charge >= 0.3 is 0 Å². The SMILES string of the molecule is CCNC(Cc1ccc(C(C)C)cc1)c1cncn1C. The number of nitrogens with one attached hydrogen (secondary N) is 1. The number of nitrogens with zero attached hydrogens (tertiary/aromatic N) is 2. The largest absolute Gasteiger partial charge is 0.336 e. The van der Waals surface area contributed by atoms with Crippen molar-refractivity contribution in [2.45, 2.75) is 39.2 Å². The zero-order valence-electron chi connectivity index (χ0n) is 12.9. The zero-order valence-corrected chi connectivity index (χ0v) is 12.9. The van der Waals surface area contributed by atoms with Crippen LogP contribution < -0.4 is 5.32 Å². The molecule has 0 saturated carbocycles. The van der Waals surface area contributed by atoms with Crippen LogP contribution in [-0.2, 0) is 13.5 Å². The Labute approximate surface area is 122 Å². The third-order valence-electron chi connectivity index (χ3n) is 3.75. The van der Waals surface area contributed by atoms with Crippen LogP contribution in [0.25, 0.3) is 0 Å². The van der Waals surface area contributed by atoms with Crippen LogP contribution in [0.15, 0.2) is 36.8 Å². The fourth-order valence-electron chi connectivity index (χ4n) is 2.51. The van der Waals surface area contributed by atoms with Crippen molar-refractivity contribution in [1.82, 2.24) is 14.9 Å². The third kappa shape index (κ3) is 3.48. The molecule has 108 valence electrons. The van der Waals surface area contributed by atoms with Gasteiger partial charge in [0.1, 0.15) is 0 Å². The quantitative estimate of drug-likeness (QED) is 0.872. The Balaban J connectivity index is 2.14. The van der Waals surface area contributed by atoms with E-state index in [2.05, 4.69) is 67.0 Å². The number of aryl methyl sites for hydroxylation is 1. The first-order valence-electron chi connectivity index (χ1n) is 7.40. The van der Waals surface area contributed by atoms with Crippen LogP contribution >= 0.6 is 0 Å². The number of hydrogen-bond acceptors (Lipinski definition) is 2. The predicted octanol–water partition coefficient (Wildman–Crippen LogP) is 3.44. The molecule has 0 bridgehead atoms. The van der Waals surface area contributed by atoms with Gasteiger partial charge in [-0.25, -0.2) is 4.98 Å². The van der Waals surface area contributed by atoms with Crippen LogP contribution in [0.1, 0.15) is 49.6 Å². The van der Waals surface area contributed by atoms with Gasteiger partial charge in [0.25, 0.3) is 0 Å². The Morgan fingerprint density at radius 3 is 2.40 bits per heavy atom. The van der Waals surface area contributed by atoms with Gasteiger partial charge in [-0.1, -0.05) is 45.0 Å². The first-order chi connectivity index (χ1) is 9.61. The molecular formula is C17H25N3. The summed E-state index contributed by atoms with van der Waals surface area (Å²) in [6.07, 6.45) is 4.81. The summed E-state index contributed by atoms with van der Waals surface area (Å²) in [5.74, 6) is 0.589. The molecule has 0 saturated heterocycles. The maximum atomic E-state index is 4.23. The van der Waals surface area contributed by atoms with Crippen molar-refractivity contribution in [1.29, 1.82) is 0 Å². The van der Waals surface area contributed by atoms with Crippen molar-refractivity contribution in [2.24, 2.45) is 7.05 Å². The Morgan fingerprint density at radius 1 is 1.20 bits per heavy atom. The number of imidazole rings is 1. The van der Waals surface area contributed by atoms with E-state index in [9.17, 15) is 0 Å². The molecule has 3 heteroatoms. The van der Waals surface area contributed by atoms with Crippen LogP contribution in [0.5, 0.6) is 0 Å². The lowest BCUT2D eigenvalue weighted by Crippen LogP contribution is -2.24. The molecule has 1 unspecified atom stereocenters. The van der Waals surface area contributed by atoms with Crippen molar-refractivity contribution in [2.75, 3.05) is 6.54 Å². The van der Waals surface area contributed by atoms with Gasteiger partial charge in [-0.15, -0.1) is 0 Å². The number of hydrogen-bond donors (Lipinski definition) is 1. The number of aromatic nitrogens is 2. The van der Waals surface area contributed by atoms with Gasteiger partial charge in [0.05, 0.1) is 18.1 Å². The summed E-state index contributed by atoms with van der Waals surface area (Å²) < 4.78 is 2.09. The summed E-state index contributed by atoms with van der Waals surface area (Å²) in [6.45, 7) is 7.56. The highest BCUT2D eigenvalue weighted by Crippen LogP contribution is 2.20. The molecule has 2 aromatic rings. The fourth-order valence-corrected chi connectivity index (χ4v) is 2.51. The highest BCUT2D eigenvalue weighted by atomic mass is 15.1. The highest BCUT2D eigenvalue weighted by molar-refractivity contribution is 5.26. The molecule has 1 atom stereocenters. The van der Waals surface area contributed by atoms with E-state index in [0.29, 0.717) is 12.0 Å². The molecule has 3 nitrogen and oxygen atoms in total. The Kier molecular flexibility index (Phi) is 4.96. The van der Waals surface area contributed by atoms with Crippen LogP contribution in [0.2, 0.25) is 0 Å². The third-order valence-corrected chi connectivity index (χ3v) is 3.75. The fraction of sp³-hybridized carbons (Fsp3) is 0.471. The van der Waals surface area contributed by atoms with E-state index in [1.807, 2.05) is 12.5 Å². The predicted molar refractivity (Wildman–Crippen MR) is 83.9 cm³/mol. The van der Waals surface area contributed by atoms with Crippen molar-refractivity contribution in [3.63, 3.8) is 0 Å². The molecule has 0 aliphatic carbocycles. The van der Waals surface area contributed by atoms with E-state index in [-0.39, 0.29) is 0 Å². The zero-order chi connectivity index (χ0) is 14.5. The lowest BCUT2D eigenvalue weighted by Gasteiger charge is -2.19. The van der Waals surface area contributed by atoms with E-state index in [0.717, 1.165) is 13.0 Å². The minimum absolute atomic E-state index is 0.317. The van der Waals surface area contributed by atoms with Gasteiger partial charge in [0.15, 0.2) is 0 Å². The van der Waals surface area contributed by atoms with Gasteiger partial charge < -0.3 is 9.88 Å². The molecule has 0 fully saturated rings. The van der Waals surface area contributed by atoms with Gasteiger partial charge in [0, 0.05) is 13.2 Å². The number of rotatable bonds is 6. The molecule has 2 rings (SSSR count). The second-order valence-corrected chi connectivity index (χ2v) is 5.64. The molecule has 0 radical (unpaired) electrons. The minimum Gasteiger partial charge on any atom is -0.336 e. The van der Waals surface area contributed by atoms with E-state index >= 15 is 0 Å². The second-order valence-electron chi connectivity index (χ2n) is 5.64. The molecule has 0 aliphatic heterocycles. The summed E-state index contributed by atoms with van der Waals surface area (Å²) in [7, 11) is 2.05. The van der Waals surface area contributed by atoms with E-state index in [1.165, 1.54) is 16.8 Å². The first-order valence-corrected chi connectivity index (χ1v) is 7.40. The van der Waals surface area contributed by atoms with Crippen LogP contribution in [0.4, 0.5) is 0 Å². The smallest absolute Gasteiger partial charge is 0.0946 e. The Morgan fingerprint density at radius 2 is 1.90 bits per heavy atom. The van der Waals surface area contributed by atoms with Crippen LogP contribution in [-0.4, -0.2) is 16.1 Å². The Bertz CT molecular complexity index is 525. The van der Waals surface area contributed by atoms with Crippen LogP contribution in [0, 0.1) is 0 Å². The molecule has 0 aliphatic rings. The summed E-state index contributed by atoms with van der Waals surface area (Å²) in [5.41, 5.74) is 4.00. The summed E-state index contributed by atoms with van der Waals surface area (Å²) in [4.78, 5) is 4.23. The molecule has 0 amide bonds. The number of benzene rings is 1. The highest BCUT2D eigenvalue weighted by Gasteiger charge is 2.14. The monoisotopic (exact) mass is 271 g/mol. The minimum atomic E-state index is 0.317. The van der Waals surface area contributed by atoms with Crippen molar-refractivity contribution in [3.8, 4) is 0 Å². The molecule has 0 spiro atoms. The molecule has 1 aromatic carbocycles. The average molecular weight is 271 g/mol. The molecule has 1 heterocycles. The summed E-state index contributed by atoms with van der Waals surface area (Å²) >= 11 is 0. The Hall–Kier alpha value is -1.61. The van der Waals surface area contributed by atoms with Gasteiger partial charge in [-0.2, -0.15) is 0 Å². The first kappa shape index (κ1) is 14.8. The van der Waals surface area contributed by atoms with E-state index in [1.54, 1.807) is 0 Å². The van der Waals surface area contributed by atoms with Crippen LogP contribution in [0.3, 0.4) is 0 Å². The van der Waals surface area contributed by atoms with Gasteiger partial charge in [0.2, 0.25) is 0 Å². The summed E-state index contributed by atoms with van der Waals surface area (Å²) in [6, 6.07) is 9.29. The molecule has 20 heavy (non-hydrogen) atoms. The van der Waals surface area contributed by atoms with Crippen molar-refractivity contribution >= 4 is 0 Å². The van der Waals surface area contributed by atoms with Gasteiger partial charge in [-0.3, -0.25) is 0 Å². The molecule has 1 N–H and O–H groups in total. The van der Waals surface area contributed by atoms with E-state index in [4.69, 9.17) is 0 Å². The van der Waals surface area contributed by atoms with Crippen molar-refractivity contribution in [3.05, 3.63) is 53.6 Å². The maximum absolute atomic E-state index is 4.23.